The largest absolute Gasteiger partial charge is 0.337 e. The van der Waals surface area contributed by atoms with E-state index in [4.69, 9.17) is 23.2 Å². The Balaban J connectivity index is 2.19. The minimum Gasteiger partial charge on any atom is -0.337 e. The fourth-order valence-corrected chi connectivity index (χ4v) is 2.70. The van der Waals surface area contributed by atoms with Gasteiger partial charge in [-0.3, -0.25) is 4.79 Å². The third kappa shape index (κ3) is 4.00. The van der Waals surface area contributed by atoms with Gasteiger partial charge < -0.3 is 4.90 Å². The molecule has 2 rings (SSSR count). The molecule has 21 heavy (non-hydrogen) atoms. The third-order valence-electron chi connectivity index (χ3n) is 3.18. The second-order valence-corrected chi connectivity index (χ2v) is 6.60. The second kappa shape index (κ2) is 6.82. The first kappa shape index (κ1) is 16.3. The fraction of sp³-hybridized carbons (Fsp3) is 0.188. The second-order valence-electron chi connectivity index (χ2n) is 4.87. The van der Waals surface area contributed by atoms with Crippen LogP contribution < -0.4 is 0 Å². The van der Waals surface area contributed by atoms with E-state index in [9.17, 15) is 4.79 Å². The number of halogens is 3. The van der Waals surface area contributed by atoms with Crippen LogP contribution in [0.15, 0.2) is 40.9 Å². The van der Waals surface area contributed by atoms with Crippen LogP contribution in [0.5, 0.6) is 0 Å². The summed E-state index contributed by atoms with van der Waals surface area (Å²) in [4.78, 5) is 14.2. The number of rotatable bonds is 3. The summed E-state index contributed by atoms with van der Waals surface area (Å²) >= 11 is 15.3. The zero-order valence-electron chi connectivity index (χ0n) is 11.7. The summed E-state index contributed by atoms with van der Waals surface area (Å²) in [5.41, 5.74) is 2.57. The van der Waals surface area contributed by atoms with Crippen LogP contribution in [0.4, 0.5) is 0 Å². The number of nitrogens with zero attached hydrogens (tertiary/aromatic N) is 1. The average Bonchev–Trinajstić information content (AvgIpc) is 2.44. The zero-order chi connectivity index (χ0) is 15.6. The summed E-state index contributed by atoms with van der Waals surface area (Å²) in [6, 6.07) is 11.1. The standard InChI is InChI=1S/C16H14BrCl2NO/c1-10-3-5-12(17)8-13(10)16(21)20(2)9-11-4-6-14(18)15(19)7-11/h3-8H,9H2,1-2H3. The molecular formula is C16H14BrCl2NO. The fourth-order valence-electron chi connectivity index (χ4n) is 2.01. The van der Waals surface area contributed by atoms with E-state index >= 15 is 0 Å². The van der Waals surface area contributed by atoms with E-state index in [1.165, 1.54) is 0 Å². The molecule has 2 aromatic carbocycles. The highest BCUT2D eigenvalue weighted by molar-refractivity contribution is 9.10. The molecule has 0 aliphatic heterocycles. The Kier molecular flexibility index (Phi) is 5.31. The van der Waals surface area contributed by atoms with E-state index in [1.54, 1.807) is 24.1 Å². The van der Waals surface area contributed by atoms with Crippen molar-refractivity contribution in [2.75, 3.05) is 7.05 Å². The maximum Gasteiger partial charge on any atom is 0.254 e. The van der Waals surface area contributed by atoms with Crippen molar-refractivity contribution in [3.63, 3.8) is 0 Å². The number of hydrogen-bond donors (Lipinski definition) is 0. The van der Waals surface area contributed by atoms with Gasteiger partial charge in [0.2, 0.25) is 0 Å². The van der Waals surface area contributed by atoms with Crippen molar-refractivity contribution in [2.24, 2.45) is 0 Å². The Morgan fingerprint density at radius 3 is 2.52 bits per heavy atom. The predicted octanol–water partition coefficient (Wildman–Crippen LogP) is 5.34. The van der Waals surface area contributed by atoms with E-state index in [0.29, 0.717) is 22.2 Å². The molecule has 5 heteroatoms. The third-order valence-corrected chi connectivity index (χ3v) is 4.41. The van der Waals surface area contributed by atoms with Crippen molar-refractivity contribution in [1.82, 2.24) is 4.90 Å². The first-order valence-corrected chi connectivity index (χ1v) is 7.89. The Labute approximate surface area is 142 Å². The molecule has 0 aromatic heterocycles. The topological polar surface area (TPSA) is 20.3 Å². The smallest absolute Gasteiger partial charge is 0.254 e. The zero-order valence-corrected chi connectivity index (χ0v) is 14.8. The predicted molar refractivity (Wildman–Crippen MR) is 91.1 cm³/mol. The number of hydrogen-bond acceptors (Lipinski definition) is 1. The van der Waals surface area contributed by atoms with Gasteiger partial charge in [0.05, 0.1) is 10.0 Å². The molecule has 0 heterocycles. The Morgan fingerprint density at radius 2 is 1.86 bits per heavy atom. The van der Waals surface area contributed by atoms with Gasteiger partial charge in [-0.05, 0) is 42.3 Å². The quantitative estimate of drug-likeness (QED) is 0.697. The molecule has 0 aliphatic rings. The molecule has 0 bridgehead atoms. The van der Waals surface area contributed by atoms with Gasteiger partial charge in [-0.1, -0.05) is 51.3 Å². The Bertz CT molecular complexity index is 688. The highest BCUT2D eigenvalue weighted by Crippen LogP contribution is 2.24. The average molecular weight is 387 g/mol. The number of carbonyl (C=O) groups excluding carboxylic acids is 1. The molecule has 0 N–H and O–H groups in total. The summed E-state index contributed by atoms with van der Waals surface area (Å²) in [5.74, 6) is -0.0279. The highest BCUT2D eigenvalue weighted by Gasteiger charge is 2.15. The van der Waals surface area contributed by atoms with Crippen molar-refractivity contribution in [1.29, 1.82) is 0 Å². The molecule has 2 nitrogen and oxygen atoms in total. The lowest BCUT2D eigenvalue weighted by molar-refractivity contribution is 0.0784. The molecule has 0 atom stereocenters. The number of benzene rings is 2. The van der Waals surface area contributed by atoms with Crippen molar-refractivity contribution in [3.05, 3.63) is 67.6 Å². The van der Waals surface area contributed by atoms with Crippen LogP contribution in [0, 0.1) is 6.92 Å². The minimum atomic E-state index is -0.0279. The van der Waals surface area contributed by atoms with Crippen LogP contribution in [-0.4, -0.2) is 17.9 Å². The Morgan fingerprint density at radius 1 is 1.14 bits per heavy atom. The van der Waals surface area contributed by atoms with Gasteiger partial charge in [0.1, 0.15) is 0 Å². The number of amides is 1. The molecule has 2 aromatic rings. The van der Waals surface area contributed by atoms with Crippen LogP contribution in [0.1, 0.15) is 21.5 Å². The number of carbonyl (C=O) groups is 1. The summed E-state index contributed by atoms with van der Waals surface area (Å²) in [7, 11) is 1.77. The molecule has 110 valence electrons. The lowest BCUT2D eigenvalue weighted by Crippen LogP contribution is -2.26. The number of aryl methyl sites for hydroxylation is 1. The lowest BCUT2D eigenvalue weighted by Gasteiger charge is -2.19. The van der Waals surface area contributed by atoms with Gasteiger partial charge in [-0.15, -0.1) is 0 Å². The first-order valence-electron chi connectivity index (χ1n) is 6.34. The van der Waals surface area contributed by atoms with E-state index < -0.39 is 0 Å². The van der Waals surface area contributed by atoms with E-state index in [1.807, 2.05) is 31.2 Å². The van der Waals surface area contributed by atoms with Crippen LogP contribution in [-0.2, 0) is 6.54 Å². The van der Waals surface area contributed by atoms with Gasteiger partial charge in [0.25, 0.3) is 5.91 Å². The maximum atomic E-state index is 12.5. The van der Waals surface area contributed by atoms with E-state index in [2.05, 4.69) is 15.9 Å². The SMILES string of the molecule is Cc1ccc(Br)cc1C(=O)N(C)Cc1ccc(Cl)c(Cl)c1. The molecule has 0 saturated heterocycles. The van der Waals surface area contributed by atoms with Crippen LogP contribution in [0.2, 0.25) is 10.0 Å². The van der Waals surface area contributed by atoms with Crippen molar-refractivity contribution in [2.45, 2.75) is 13.5 Å². The molecule has 1 amide bonds. The summed E-state index contributed by atoms with van der Waals surface area (Å²) in [6.45, 7) is 2.40. The molecule has 0 fully saturated rings. The molecule has 0 spiro atoms. The molecule has 0 unspecified atom stereocenters. The van der Waals surface area contributed by atoms with Gasteiger partial charge in [-0.25, -0.2) is 0 Å². The molecular weight excluding hydrogens is 373 g/mol. The van der Waals surface area contributed by atoms with Crippen LogP contribution >= 0.6 is 39.1 Å². The van der Waals surface area contributed by atoms with Gasteiger partial charge in [0, 0.05) is 23.6 Å². The lowest BCUT2D eigenvalue weighted by atomic mass is 10.1. The summed E-state index contributed by atoms with van der Waals surface area (Å²) in [5, 5.41) is 1.01. The van der Waals surface area contributed by atoms with Gasteiger partial charge >= 0.3 is 0 Å². The van der Waals surface area contributed by atoms with Gasteiger partial charge in [0.15, 0.2) is 0 Å². The summed E-state index contributed by atoms with van der Waals surface area (Å²) < 4.78 is 0.888. The minimum absolute atomic E-state index is 0.0279. The van der Waals surface area contributed by atoms with Crippen LogP contribution in [0.25, 0.3) is 0 Å². The normalized spacial score (nSPS) is 10.5. The van der Waals surface area contributed by atoms with E-state index in [-0.39, 0.29) is 5.91 Å². The van der Waals surface area contributed by atoms with Crippen LogP contribution in [0.3, 0.4) is 0 Å². The molecule has 0 saturated carbocycles. The highest BCUT2D eigenvalue weighted by atomic mass is 79.9. The monoisotopic (exact) mass is 385 g/mol. The first-order chi connectivity index (χ1) is 9.88. The van der Waals surface area contributed by atoms with E-state index in [0.717, 1.165) is 15.6 Å². The van der Waals surface area contributed by atoms with Crippen molar-refractivity contribution >= 4 is 45.0 Å². The molecule has 0 aliphatic carbocycles. The maximum absolute atomic E-state index is 12.5. The van der Waals surface area contributed by atoms with Crippen molar-refractivity contribution < 1.29 is 4.79 Å². The molecule has 0 radical (unpaired) electrons. The van der Waals surface area contributed by atoms with Gasteiger partial charge in [-0.2, -0.15) is 0 Å². The van der Waals surface area contributed by atoms with Crippen molar-refractivity contribution in [3.8, 4) is 0 Å². The Hall–Kier alpha value is -1.03. The summed E-state index contributed by atoms with van der Waals surface area (Å²) in [6.07, 6.45) is 0.